The molecule has 0 saturated carbocycles. The van der Waals surface area contributed by atoms with Crippen molar-refractivity contribution in [2.75, 3.05) is 7.11 Å². The predicted octanol–water partition coefficient (Wildman–Crippen LogP) is 5.71. The van der Waals surface area contributed by atoms with Gasteiger partial charge in [0.15, 0.2) is 11.5 Å². The fourth-order valence-corrected chi connectivity index (χ4v) is 3.20. The van der Waals surface area contributed by atoms with Gasteiger partial charge in [-0.3, -0.25) is 0 Å². The van der Waals surface area contributed by atoms with Crippen LogP contribution in [0.25, 0.3) is 22.7 Å². The highest BCUT2D eigenvalue weighted by atomic mass is 79.9. The van der Waals surface area contributed by atoms with Crippen molar-refractivity contribution in [3.05, 3.63) is 52.0 Å². The number of allylic oxidation sites excluding steroid dienone is 1. The van der Waals surface area contributed by atoms with Crippen molar-refractivity contribution in [3.8, 4) is 17.6 Å². The van der Waals surface area contributed by atoms with Crippen LogP contribution < -0.4 is 9.47 Å². The molecule has 3 rings (SSSR count). The SMILES string of the molecule is CC[C@H](C)Oc1c(Br)cc(/C=C(/C#N)c2nc3ccc(F)cc3[nH]2)cc1OC. The number of benzene rings is 2. The van der Waals surface area contributed by atoms with Gasteiger partial charge >= 0.3 is 0 Å². The molecule has 0 spiro atoms. The number of hydrogen-bond donors (Lipinski definition) is 1. The highest BCUT2D eigenvalue weighted by molar-refractivity contribution is 9.10. The van der Waals surface area contributed by atoms with Gasteiger partial charge in [0.05, 0.1) is 34.3 Å². The lowest BCUT2D eigenvalue weighted by Crippen LogP contribution is -2.11. The first-order chi connectivity index (χ1) is 13.4. The summed E-state index contributed by atoms with van der Waals surface area (Å²) < 4.78 is 25.5. The van der Waals surface area contributed by atoms with E-state index in [4.69, 9.17) is 9.47 Å². The molecule has 3 aromatic rings. The van der Waals surface area contributed by atoms with Crippen molar-refractivity contribution < 1.29 is 13.9 Å². The van der Waals surface area contributed by atoms with Gasteiger partial charge in [-0.2, -0.15) is 5.26 Å². The quantitative estimate of drug-likeness (QED) is 0.494. The normalized spacial score (nSPS) is 12.6. The number of rotatable bonds is 6. The second-order valence-electron chi connectivity index (χ2n) is 6.29. The first kappa shape index (κ1) is 19.9. The average molecular weight is 444 g/mol. The van der Waals surface area contributed by atoms with E-state index in [1.54, 1.807) is 25.3 Å². The van der Waals surface area contributed by atoms with Gasteiger partial charge in [-0.05, 0) is 71.2 Å². The second kappa shape index (κ2) is 8.44. The number of halogens is 2. The van der Waals surface area contributed by atoms with E-state index in [1.165, 1.54) is 12.1 Å². The van der Waals surface area contributed by atoms with E-state index in [0.29, 0.717) is 33.9 Å². The molecule has 0 aliphatic carbocycles. The molecule has 0 amide bonds. The fraction of sp³-hybridized carbons (Fsp3) is 0.238. The van der Waals surface area contributed by atoms with Gasteiger partial charge in [0, 0.05) is 0 Å². The number of aromatic nitrogens is 2. The van der Waals surface area contributed by atoms with Crippen LogP contribution in [0.4, 0.5) is 4.39 Å². The standard InChI is InChI=1S/C21H19BrFN3O2/c1-4-12(2)28-20-16(22)8-13(9-19(20)27-3)7-14(11-24)21-25-17-6-5-15(23)10-18(17)26-21/h5-10,12H,4H2,1-3H3,(H,25,26)/b14-7-/t12-/m0/s1. The molecular weight excluding hydrogens is 425 g/mol. The number of methoxy groups -OCH3 is 1. The minimum Gasteiger partial charge on any atom is -0.493 e. The molecule has 1 N–H and O–H groups in total. The molecule has 28 heavy (non-hydrogen) atoms. The summed E-state index contributed by atoms with van der Waals surface area (Å²) in [5.41, 5.74) is 2.19. The molecule has 1 aromatic heterocycles. The van der Waals surface area contributed by atoms with E-state index < -0.39 is 0 Å². The third-order valence-electron chi connectivity index (χ3n) is 4.28. The van der Waals surface area contributed by atoms with Crippen LogP contribution in [0, 0.1) is 17.1 Å². The van der Waals surface area contributed by atoms with E-state index in [2.05, 4.69) is 32.0 Å². The Balaban J connectivity index is 2.02. The van der Waals surface area contributed by atoms with Crippen molar-refractivity contribution >= 4 is 38.6 Å². The van der Waals surface area contributed by atoms with E-state index in [9.17, 15) is 9.65 Å². The number of aromatic amines is 1. The number of imidazole rings is 1. The molecule has 1 atom stereocenters. The molecule has 0 unspecified atom stereocenters. The van der Waals surface area contributed by atoms with Crippen LogP contribution >= 0.6 is 15.9 Å². The summed E-state index contributed by atoms with van der Waals surface area (Å²) in [7, 11) is 1.57. The zero-order valence-electron chi connectivity index (χ0n) is 15.7. The van der Waals surface area contributed by atoms with Crippen molar-refractivity contribution in [2.24, 2.45) is 0 Å². The van der Waals surface area contributed by atoms with Gasteiger partial charge < -0.3 is 14.5 Å². The van der Waals surface area contributed by atoms with Gasteiger partial charge in [-0.25, -0.2) is 9.37 Å². The highest BCUT2D eigenvalue weighted by Crippen LogP contribution is 2.38. The van der Waals surface area contributed by atoms with Gasteiger partial charge in [-0.15, -0.1) is 0 Å². The van der Waals surface area contributed by atoms with Crippen molar-refractivity contribution in [1.29, 1.82) is 5.26 Å². The van der Waals surface area contributed by atoms with Crippen LogP contribution in [-0.4, -0.2) is 23.2 Å². The molecule has 0 bridgehead atoms. The molecule has 5 nitrogen and oxygen atoms in total. The molecule has 0 aliphatic rings. The Morgan fingerprint density at radius 1 is 1.39 bits per heavy atom. The number of nitrogens with one attached hydrogen (secondary N) is 1. The Bertz CT molecular complexity index is 1090. The number of ether oxygens (including phenoxy) is 2. The van der Waals surface area contributed by atoms with Crippen LogP contribution in [0.1, 0.15) is 31.7 Å². The van der Waals surface area contributed by atoms with Crippen molar-refractivity contribution in [1.82, 2.24) is 9.97 Å². The molecule has 1 heterocycles. The number of H-pyrrole nitrogens is 1. The highest BCUT2D eigenvalue weighted by Gasteiger charge is 2.15. The fourth-order valence-electron chi connectivity index (χ4n) is 2.65. The maximum atomic E-state index is 13.4. The third kappa shape index (κ3) is 4.18. The molecule has 2 aromatic carbocycles. The molecule has 7 heteroatoms. The van der Waals surface area contributed by atoms with Crippen LogP contribution in [0.5, 0.6) is 11.5 Å². The molecule has 0 radical (unpaired) electrons. The Morgan fingerprint density at radius 2 is 2.18 bits per heavy atom. The van der Waals surface area contributed by atoms with E-state index in [-0.39, 0.29) is 11.9 Å². The second-order valence-corrected chi connectivity index (χ2v) is 7.14. The summed E-state index contributed by atoms with van der Waals surface area (Å²) in [6.07, 6.45) is 2.59. The van der Waals surface area contributed by atoms with E-state index in [0.717, 1.165) is 16.5 Å². The topological polar surface area (TPSA) is 70.9 Å². The molecule has 0 aliphatic heterocycles. The number of hydrogen-bond acceptors (Lipinski definition) is 4. The monoisotopic (exact) mass is 443 g/mol. The number of nitrogens with zero attached hydrogens (tertiary/aromatic N) is 2. The summed E-state index contributed by atoms with van der Waals surface area (Å²) in [6.45, 7) is 4.03. The molecule has 0 saturated heterocycles. The Kier molecular flexibility index (Phi) is 6.00. The average Bonchev–Trinajstić information content (AvgIpc) is 3.10. The van der Waals surface area contributed by atoms with Crippen LogP contribution in [0.15, 0.2) is 34.8 Å². The summed E-state index contributed by atoms with van der Waals surface area (Å²) in [4.78, 5) is 7.36. The zero-order valence-corrected chi connectivity index (χ0v) is 17.3. The first-order valence-corrected chi connectivity index (χ1v) is 9.56. The molecular formula is C21H19BrFN3O2. The van der Waals surface area contributed by atoms with Crippen molar-refractivity contribution in [3.63, 3.8) is 0 Å². The smallest absolute Gasteiger partial charge is 0.175 e. The zero-order chi connectivity index (χ0) is 20.3. The maximum absolute atomic E-state index is 13.4. The van der Waals surface area contributed by atoms with Gasteiger partial charge in [0.25, 0.3) is 0 Å². The summed E-state index contributed by atoms with van der Waals surface area (Å²) in [5, 5.41) is 9.60. The summed E-state index contributed by atoms with van der Waals surface area (Å²) >= 11 is 3.52. The van der Waals surface area contributed by atoms with Crippen molar-refractivity contribution in [2.45, 2.75) is 26.4 Å². The molecule has 144 valence electrons. The minimum atomic E-state index is -0.365. The van der Waals surface area contributed by atoms with Gasteiger partial charge in [0.2, 0.25) is 0 Å². The molecule has 0 fully saturated rings. The summed E-state index contributed by atoms with van der Waals surface area (Å²) in [6, 6.07) is 10.0. The van der Waals surface area contributed by atoms with Crippen LogP contribution in [0.2, 0.25) is 0 Å². The summed E-state index contributed by atoms with van der Waals surface area (Å²) in [5.74, 6) is 1.19. The lowest BCUT2D eigenvalue weighted by molar-refractivity contribution is 0.206. The Hall–Kier alpha value is -2.85. The number of nitriles is 1. The van der Waals surface area contributed by atoms with E-state index in [1.807, 2.05) is 19.9 Å². The lowest BCUT2D eigenvalue weighted by Gasteiger charge is -2.17. The van der Waals surface area contributed by atoms with Gasteiger partial charge in [0.1, 0.15) is 17.7 Å². The minimum absolute atomic E-state index is 0.0391. The van der Waals surface area contributed by atoms with E-state index >= 15 is 0 Å². The largest absolute Gasteiger partial charge is 0.493 e. The first-order valence-electron chi connectivity index (χ1n) is 8.76. The van der Waals surface area contributed by atoms with Crippen LogP contribution in [-0.2, 0) is 0 Å². The predicted molar refractivity (Wildman–Crippen MR) is 111 cm³/mol. The van der Waals surface area contributed by atoms with Gasteiger partial charge in [-0.1, -0.05) is 6.92 Å². The lowest BCUT2D eigenvalue weighted by atomic mass is 10.1. The third-order valence-corrected chi connectivity index (χ3v) is 4.87. The number of fused-ring (bicyclic) bond motifs is 1. The Morgan fingerprint density at radius 3 is 2.86 bits per heavy atom. The Labute approximate surface area is 170 Å². The maximum Gasteiger partial charge on any atom is 0.175 e. The van der Waals surface area contributed by atoms with Crippen LogP contribution in [0.3, 0.4) is 0 Å².